The third-order valence-electron chi connectivity index (χ3n) is 3.42. The summed E-state index contributed by atoms with van der Waals surface area (Å²) in [7, 11) is 0. The van der Waals surface area contributed by atoms with Crippen molar-refractivity contribution in [3.05, 3.63) is 50.7 Å². The van der Waals surface area contributed by atoms with Gasteiger partial charge in [-0.3, -0.25) is 4.68 Å². The van der Waals surface area contributed by atoms with E-state index in [2.05, 4.69) is 21.0 Å². The van der Waals surface area contributed by atoms with Gasteiger partial charge in [-0.2, -0.15) is 5.10 Å². The van der Waals surface area contributed by atoms with Crippen LogP contribution in [0, 0.1) is 6.92 Å². The van der Waals surface area contributed by atoms with Crippen molar-refractivity contribution < 1.29 is 5.11 Å². The minimum absolute atomic E-state index is 0.450. The molecule has 0 amide bonds. The number of aryl methyl sites for hydroxylation is 2. The van der Waals surface area contributed by atoms with Crippen molar-refractivity contribution in [2.45, 2.75) is 39.3 Å². The van der Waals surface area contributed by atoms with Crippen molar-refractivity contribution in [1.82, 2.24) is 9.78 Å². The number of benzene rings is 1. The van der Waals surface area contributed by atoms with E-state index in [1.54, 1.807) is 13.0 Å². The van der Waals surface area contributed by atoms with Crippen molar-refractivity contribution in [2.75, 3.05) is 0 Å². The van der Waals surface area contributed by atoms with Gasteiger partial charge >= 0.3 is 0 Å². The summed E-state index contributed by atoms with van der Waals surface area (Å²) in [5.74, 6) is 0. The molecule has 1 heterocycles. The van der Waals surface area contributed by atoms with Crippen molar-refractivity contribution in [1.29, 1.82) is 0 Å². The fraction of sp³-hybridized carbons (Fsp3) is 0.400. The van der Waals surface area contributed by atoms with Crippen LogP contribution in [0.4, 0.5) is 0 Å². The molecule has 1 aromatic heterocycles. The number of rotatable bonds is 4. The van der Waals surface area contributed by atoms with Gasteiger partial charge in [0.25, 0.3) is 0 Å². The van der Waals surface area contributed by atoms with E-state index in [9.17, 15) is 5.11 Å². The molecule has 0 radical (unpaired) electrons. The first kappa shape index (κ1) is 15.5. The first-order valence-electron chi connectivity index (χ1n) is 6.56. The number of aromatic nitrogens is 2. The van der Waals surface area contributed by atoms with Crippen LogP contribution in [0.2, 0.25) is 5.02 Å². The largest absolute Gasteiger partial charge is 0.385 e. The first-order chi connectivity index (χ1) is 9.36. The fourth-order valence-electron chi connectivity index (χ4n) is 2.36. The normalized spacial score (nSPS) is 14.3. The van der Waals surface area contributed by atoms with Crippen LogP contribution in [0.3, 0.4) is 0 Å². The summed E-state index contributed by atoms with van der Waals surface area (Å²) in [6.45, 7) is 6.53. The van der Waals surface area contributed by atoms with Gasteiger partial charge in [-0.05, 0) is 42.8 Å². The second-order valence-corrected chi connectivity index (χ2v) is 6.29. The number of hydrogen-bond acceptors (Lipinski definition) is 2. The Hall–Kier alpha value is -0.840. The van der Waals surface area contributed by atoms with Gasteiger partial charge in [0, 0.05) is 23.6 Å². The Balaban J connectivity index is 2.41. The summed E-state index contributed by atoms with van der Waals surface area (Å²) in [5.41, 5.74) is 1.60. The molecule has 0 aliphatic heterocycles. The highest BCUT2D eigenvalue weighted by atomic mass is 79.9. The van der Waals surface area contributed by atoms with Gasteiger partial charge in [-0.25, -0.2) is 0 Å². The van der Waals surface area contributed by atoms with Gasteiger partial charge in [0.05, 0.1) is 21.5 Å². The predicted molar refractivity (Wildman–Crippen MR) is 85.1 cm³/mol. The van der Waals surface area contributed by atoms with E-state index in [4.69, 9.17) is 11.6 Å². The lowest BCUT2D eigenvalue weighted by Crippen LogP contribution is -2.26. The molecule has 1 unspecified atom stereocenters. The van der Waals surface area contributed by atoms with Gasteiger partial charge in [0.15, 0.2) is 0 Å². The summed E-state index contributed by atoms with van der Waals surface area (Å²) in [6, 6.07) is 7.39. The smallest absolute Gasteiger partial charge is 0.0938 e. The average Bonchev–Trinajstić information content (AvgIpc) is 2.66. The average molecular weight is 358 g/mol. The molecule has 108 valence electrons. The molecule has 1 N–H and O–H groups in total. The molecule has 0 aliphatic rings. The van der Waals surface area contributed by atoms with E-state index in [1.807, 2.05) is 36.7 Å². The maximum absolute atomic E-state index is 10.8. The Labute approximate surface area is 132 Å². The molecular formula is C15H18BrClN2O. The molecule has 0 fully saturated rings. The van der Waals surface area contributed by atoms with Gasteiger partial charge in [0.2, 0.25) is 0 Å². The molecule has 0 saturated carbocycles. The maximum Gasteiger partial charge on any atom is 0.0938 e. The Morgan fingerprint density at radius 1 is 1.40 bits per heavy atom. The number of aliphatic hydroxyl groups is 1. The summed E-state index contributed by atoms with van der Waals surface area (Å²) < 4.78 is 2.86. The maximum atomic E-state index is 10.8. The van der Waals surface area contributed by atoms with Crippen LogP contribution < -0.4 is 0 Å². The summed E-state index contributed by atoms with van der Waals surface area (Å²) in [6.07, 6.45) is 0.450. The van der Waals surface area contributed by atoms with Crippen molar-refractivity contribution >= 4 is 27.5 Å². The summed E-state index contributed by atoms with van der Waals surface area (Å²) in [5, 5.41) is 15.9. The zero-order valence-corrected chi connectivity index (χ0v) is 14.2. The molecule has 3 nitrogen and oxygen atoms in total. The van der Waals surface area contributed by atoms with Crippen LogP contribution in [-0.2, 0) is 18.6 Å². The van der Waals surface area contributed by atoms with E-state index >= 15 is 0 Å². The number of halogens is 2. The predicted octanol–water partition coefficient (Wildman–Crippen LogP) is 4.08. The summed E-state index contributed by atoms with van der Waals surface area (Å²) >= 11 is 9.76. The highest BCUT2D eigenvalue weighted by Gasteiger charge is 2.29. The molecule has 1 atom stereocenters. The van der Waals surface area contributed by atoms with Crippen LogP contribution in [-0.4, -0.2) is 14.9 Å². The molecule has 2 aromatic rings. The second-order valence-electron chi connectivity index (χ2n) is 5.09. The van der Waals surface area contributed by atoms with E-state index in [0.717, 1.165) is 28.0 Å². The molecule has 2 rings (SSSR count). The van der Waals surface area contributed by atoms with Crippen molar-refractivity contribution in [3.8, 4) is 0 Å². The lowest BCUT2D eigenvalue weighted by atomic mass is 9.91. The van der Waals surface area contributed by atoms with Gasteiger partial charge in [-0.15, -0.1) is 0 Å². The first-order valence-corrected chi connectivity index (χ1v) is 7.73. The Morgan fingerprint density at radius 2 is 2.05 bits per heavy atom. The zero-order chi connectivity index (χ0) is 14.9. The van der Waals surface area contributed by atoms with E-state index in [-0.39, 0.29) is 0 Å². The molecule has 20 heavy (non-hydrogen) atoms. The Kier molecular flexibility index (Phi) is 4.57. The number of hydrogen-bond donors (Lipinski definition) is 1. The second kappa shape index (κ2) is 5.88. The molecule has 1 aromatic carbocycles. The molecule has 0 aliphatic carbocycles. The SMILES string of the molecule is CCn1nc(C)c(Br)c1CC(C)(O)c1ccccc1Cl. The van der Waals surface area contributed by atoms with Crippen molar-refractivity contribution in [3.63, 3.8) is 0 Å². The molecule has 0 spiro atoms. The van der Waals surface area contributed by atoms with Crippen LogP contribution in [0.25, 0.3) is 0 Å². The van der Waals surface area contributed by atoms with Crippen LogP contribution in [0.1, 0.15) is 30.8 Å². The minimum Gasteiger partial charge on any atom is -0.385 e. The Morgan fingerprint density at radius 3 is 2.65 bits per heavy atom. The standard InChI is InChI=1S/C15H18BrClN2O/c1-4-19-13(14(16)10(2)18-19)9-15(3,20)11-7-5-6-8-12(11)17/h5-8,20H,4,9H2,1-3H3. The van der Waals surface area contributed by atoms with Gasteiger partial charge < -0.3 is 5.11 Å². The monoisotopic (exact) mass is 356 g/mol. The third kappa shape index (κ3) is 2.92. The summed E-state index contributed by atoms with van der Waals surface area (Å²) in [4.78, 5) is 0. The van der Waals surface area contributed by atoms with E-state index in [0.29, 0.717) is 11.4 Å². The minimum atomic E-state index is -1.04. The van der Waals surface area contributed by atoms with E-state index in [1.165, 1.54) is 0 Å². The lowest BCUT2D eigenvalue weighted by Gasteiger charge is -2.25. The highest BCUT2D eigenvalue weighted by Crippen LogP contribution is 2.33. The molecule has 5 heteroatoms. The lowest BCUT2D eigenvalue weighted by molar-refractivity contribution is 0.0553. The molecular weight excluding hydrogens is 340 g/mol. The van der Waals surface area contributed by atoms with Crippen LogP contribution >= 0.6 is 27.5 Å². The van der Waals surface area contributed by atoms with Crippen molar-refractivity contribution in [2.24, 2.45) is 0 Å². The van der Waals surface area contributed by atoms with Gasteiger partial charge in [-0.1, -0.05) is 29.8 Å². The molecule has 0 saturated heterocycles. The highest BCUT2D eigenvalue weighted by molar-refractivity contribution is 9.10. The van der Waals surface area contributed by atoms with E-state index < -0.39 is 5.60 Å². The molecule has 0 bridgehead atoms. The third-order valence-corrected chi connectivity index (χ3v) is 4.78. The van der Waals surface area contributed by atoms with Crippen LogP contribution in [0.15, 0.2) is 28.7 Å². The van der Waals surface area contributed by atoms with Gasteiger partial charge in [0.1, 0.15) is 0 Å². The van der Waals surface area contributed by atoms with Crippen LogP contribution in [0.5, 0.6) is 0 Å². The fourth-order valence-corrected chi connectivity index (χ4v) is 3.12. The Bertz CT molecular complexity index is 622. The number of nitrogens with zero attached hydrogens (tertiary/aromatic N) is 2. The zero-order valence-electron chi connectivity index (χ0n) is 11.8. The topological polar surface area (TPSA) is 38.0 Å². The quantitative estimate of drug-likeness (QED) is 0.895.